The molecule has 0 heterocycles. The van der Waals surface area contributed by atoms with E-state index >= 15 is 0 Å². The van der Waals surface area contributed by atoms with Crippen LogP contribution >= 0.6 is 15.9 Å². The van der Waals surface area contributed by atoms with E-state index in [0.29, 0.717) is 11.6 Å². The maximum Gasteiger partial charge on any atom is 0.293 e. The van der Waals surface area contributed by atoms with Gasteiger partial charge in [0.1, 0.15) is 5.69 Å². The van der Waals surface area contributed by atoms with Crippen LogP contribution in [0, 0.1) is 16.0 Å². The lowest BCUT2D eigenvalue weighted by Crippen LogP contribution is -2.24. The predicted molar refractivity (Wildman–Crippen MR) is 76.0 cm³/mol. The quantitative estimate of drug-likeness (QED) is 0.624. The van der Waals surface area contributed by atoms with Crippen LogP contribution < -0.4 is 4.90 Å². The minimum absolute atomic E-state index is 0.171. The fourth-order valence-electron chi connectivity index (χ4n) is 2.64. The van der Waals surface area contributed by atoms with Crippen LogP contribution in [0.5, 0.6) is 0 Å². The highest BCUT2D eigenvalue weighted by Crippen LogP contribution is 2.33. The summed E-state index contributed by atoms with van der Waals surface area (Å²) in [5.41, 5.74) is 0.875. The molecule has 1 aliphatic rings. The number of rotatable bonds is 4. The van der Waals surface area contributed by atoms with Crippen molar-refractivity contribution in [2.24, 2.45) is 5.92 Å². The second-order valence-corrected chi connectivity index (χ2v) is 5.84. The monoisotopic (exact) mass is 312 g/mol. The zero-order chi connectivity index (χ0) is 13.1. The number of benzene rings is 1. The van der Waals surface area contributed by atoms with Crippen molar-refractivity contribution in [2.45, 2.75) is 25.7 Å². The second kappa shape index (κ2) is 5.69. The number of hydrogen-bond donors (Lipinski definition) is 0. The lowest BCUT2D eigenvalue weighted by atomic mass is 10.1. The summed E-state index contributed by atoms with van der Waals surface area (Å²) in [5.74, 6) is 0.679. The molecule has 2 rings (SSSR count). The Morgan fingerprint density at radius 1 is 1.44 bits per heavy atom. The summed E-state index contributed by atoms with van der Waals surface area (Å²) in [5, 5.41) is 11.1. The number of hydrogen-bond acceptors (Lipinski definition) is 3. The average Bonchev–Trinajstić information content (AvgIpc) is 2.81. The molecule has 1 aromatic carbocycles. The van der Waals surface area contributed by atoms with Gasteiger partial charge < -0.3 is 4.90 Å². The van der Waals surface area contributed by atoms with Crippen molar-refractivity contribution in [1.82, 2.24) is 0 Å². The third-order valence-electron chi connectivity index (χ3n) is 3.55. The zero-order valence-electron chi connectivity index (χ0n) is 10.4. The van der Waals surface area contributed by atoms with Gasteiger partial charge in [0.05, 0.1) is 4.92 Å². The van der Waals surface area contributed by atoms with Gasteiger partial charge in [0.15, 0.2) is 0 Å². The van der Waals surface area contributed by atoms with Crippen molar-refractivity contribution in [3.63, 3.8) is 0 Å². The van der Waals surface area contributed by atoms with Crippen molar-refractivity contribution >= 4 is 27.3 Å². The van der Waals surface area contributed by atoms with Crippen molar-refractivity contribution in [3.8, 4) is 0 Å². The summed E-state index contributed by atoms with van der Waals surface area (Å²) in [4.78, 5) is 12.8. The maximum absolute atomic E-state index is 11.1. The minimum Gasteiger partial charge on any atom is -0.369 e. The van der Waals surface area contributed by atoms with E-state index in [-0.39, 0.29) is 10.6 Å². The Hall–Kier alpha value is -1.10. The third kappa shape index (κ3) is 3.02. The Kier molecular flexibility index (Phi) is 4.22. The SMILES string of the molecule is CN(CC1CCCC1)c1ccc(Br)cc1[N+](=O)[O-]. The summed E-state index contributed by atoms with van der Waals surface area (Å²) in [6, 6.07) is 5.24. The first-order valence-electron chi connectivity index (χ1n) is 6.23. The number of nitro groups is 1. The molecule has 0 unspecified atom stereocenters. The first-order valence-corrected chi connectivity index (χ1v) is 7.02. The zero-order valence-corrected chi connectivity index (χ0v) is 12.0. The van der Waals surface area contributed by atoms with Crippen LogP contribution in [-0.2, 0) is 0 Å². The standard InChI is InChI=1S/C13H17BrN2O2/c1-15(9-10-4-2-3-5-10)12-7-6-11(14)8-13(12)16(17)18/h6-8,10H,2-5,9H2,1H3. The molecule has 98 valence electrons. The summed E-state index contributed by atoms with van der Waals surface area (Å²) in [6.45, 7) is 0.905. The molecule has 4 nitrogen and oxygen atoms in total. The van der Waals surface area contributed by atoms with Crippen molar-refractivity contribution in [1.29, 1.82) is 0 Å². The molecule has 1 aliphatic carbocycles. The van der Waals surface area contributed by atoms with E-state index in [9.17, 15) is 10.1 Å². The predicted octanol–water partition coefficient (Wildman–Crippen LogP) is 3.98. The molecular formula is C13H17BrN2O2. The van der Waals surface area contributed by atoms with Gasteiger partial charge in [-0.3, -0.25) is 10.1 Å². The molecule has 1 fully saturated rings. The molecule has 0 N–H and O–H groups in total. The Balaban J connectivity index is 2.17. The Morgan fingerprint density at radius 3 is 2.72 bits per heavy atom. The normalized spacial score (nSPS) is 15.9. The highest BCUT2D eigenvalue weighted by atomic mass is 79.9. The topological polar surface area (TPSA) is 46.4 Å². The number of nitro benzene ring substituents is 1. The molecule has 0 spiro atoms. The van der Waals surface area contributed by atoms with Crippen LogP contribution in [0.3, 0.4) is 0 Å². The minimum atomic E-state index is -0.314. The molecule has 0 aromatic heterocycles. The van der Waals surface area contributed by atoms with Gasteiger partial charge in [-0.05, 0) is 30.9 Å². The molecule has 0 atom stereocenters. The first kappa shape index (κ1) is 13.3. The van der Waals surface area contributed by atoms with E-state index in [0.717, 1.165) is 11.0 Å². The van der Waals surface area contributed by atoms with Gasteiger partial charge in [-0.25, -0.2) is 0 Å². The van der Waals surface area contributed by atoms with Crippen LogP contribution in [0.2, 0.25) is 0 Å². The highest BCUT2D eigenvalue weighted by Gasteiger charge is 2.21. The maximum atomic E-state index is 11.1. The van der Waals surface area contributed by atoms with Crippen molar-refractivity contribution < 1.29 is 4.92 Å². The number of anilines is 1. The van der Waals surface area contributed by atoms with Gasteiger partial charge in [-0.2, -0.15) is 0 Å². The first-order chi connectivity index (χ1) is 8.58. The van der Waals surface area contributed by atoms with E-state index < -0.39 is 0 Å². The van der Waals surface area contributed by atoms with Gasteiger partial charge >= 0.3 is 0 Å². The Labute approximate surface area is 115 Å². The van der Waals surface area contributed by atoms with Gasteiger partial charge in [0, 0.05) is 24.1 Å². The summed E-state index contributed by atoms with van der Waals surface area (Å²) < 4.78 is 0.743. The van der Waals surface area contributed by atoms with Gasteiger partial charge in [0.25, 0.3) is 5.69 Å². The number of nitrogens with zero attached hydrogens (tertiary/aromatic N) is 2. The smallest absolute Gasteiger partial charge is 0.293 e. The molecule has 0 saturated heterocycles. The molecule has 5 heteroatoms. The fraction of sp³-hybridized carbons (Fsp3) is 0.538. The molecule has 0 bridgehead atoms. The lowest BCUT2D eigenvalue weighted by molar-refractivity contribution is -0.384. The molecule has 0 aliphatic heterocycles. The van der Waals surface area contributed by atoms with Crippen LogP contribution in [0.15, 0.2) is 22.7 Å². The average molecular weight is 313 g/mol. The van der Waals surface area contributed by atoms with Gasteiger partial charge in [-0.15, -0.1) is 0 Å². The van der Waals surface area contributed by atoms with E-state index in [1.807, 2.05) is 24.1 Å². The Bertz CT molecular complexity index is 445. The molecular weight excluding hydrogens is 296 g/mol. The molecule has 18 heavy (non-hydrogen) atoms. The third-order valence-corrected chi connectivity index (χ3v) is 4.05. The van der Waals surface area contributed by atoms with E-state index in [1.165, 1.54) is 25.7 Å². The Morgan fingerprint density at radius 2 is 2.11 bits per heavy atom. The van der Waals surface area contributed by atoms with Crippen molar-refractivity contribution in [3.05, 3.63) is 32.8 Å². The summed E-state index contributed by atoms with van der Waals surface area (Å²) in [6.07, 6.45) is 5.07. The van der Waals surface area contributed by atoms with E-state index in [1.54, 1.807) is 6.07 Å². The fourth-order valence-corrected chi connectivity index (χ4v) is 2.99. The molecule has 1 saturated carbocycles. The largest absolute Gasteiger partial charge is 0.369 e. The summed E-state index contributed by atoms with van der Waals surface area (Å²) in [7, 11) is 1.94. The number of halogens is 1. The van der Waals surface area contributed by atoms with Crippen LogP contribution in [0.4, 0.5) is 11.4 Å². The van der Waals surface area contributed by atoms with Crippen LogP contribution in [0.1, 0.15) is 25.7 Å². The molecule has 0 amide bonds. The van der Waals surface area contributed by atoms with E-state index in [2.05, 4.69) is 15.9 Å². The van der Waals surface area contributed by atoms with Gasteiger partial charge in [0.2, 0.25) is 0 Å². The molecule has 0 radical (unpaired) electrons. The van der Waals surface area contributed by atoms with Crippen molar-refractivity contribution in [2.75, 3.05) is 18.5 Å². The van der Waals surface area contributed by atoms with E-state index in [4.69, 9.17) is 0 Å². The molecule has 1 aromatic rings. The summed E-state index contributed by atoms with van der Waals surface area (Å²) >= 11 is 3.28. The lowest BCUT2D eigenvalue weighted by Gasteiger charge is -2.22. The second-order valence-electron chi connectivity index (χ2n) is 4.92. The highest BCUT2D eigenvalue weighted by molar-refractivity contribution is 9.10. The van der Waals surface area contributed by atoms with Gasteiger partial charge in [-0.1, -0.05) is 28.8 Å². The van der Waals surface area contributed by atoms with Crippen LogP contribution in [0.25, 0.3) is 0 Å². The van der Waals surface area contributed by atoms with Crippen LogP contribution in [-0.4, -0.2) is 18.5 Å².